The highest BCUT2D eigenvalue weighted by Gasteiger charge is 2.23. The maximum absolute atomic E-state index is 11.7. The van der Waals surface area contributed by atoms with Crippen LogP contribution in [-0.2, 0) is 16.0 Å². The van der Waals surface area contributed by atoms with E-state index in [0.29, 0.717) is 19.1 Å². The van der Waals surface area contributed by atoms with Gasteiger partial charge in [0, 0.05) is 26.7 Å². The van der Waals surface area contributed by atoms with Crippen LogP contribution in [0.3, 0.4) is 0 Å². The Balaban J connectivity index is 1.83. The molecule has 1 aromatic heterocycles. The maximum atomic E-state index is 11.7. The van der Waals surface area contributed by atoms with Gasteiger partial charge in [-0.05, 0) is 37.3 Å². The monoisotopic (exact) mass is 307 g/mol. The van der Waals surface area contributed by atoms with Gasteiger partial charge in [-0.15, -0.1) is 5.10 Å². The van der Waals surface area contributed by atoms with E-state index in [1.807, 2.05) is 17.0 Å². The van der Waals surface area contributed by atoms with E-state index >= 15 is 0 Å². The molecule has 0 unspecified atom stereocenters. The van der Waals surface area contributed by atoms with Crippen molar-refractivity contribution >= 4 is 11.7 Å². The molecular formula is C15H25N5O2. The third kappa shape index (κ3) is 4.92. The molecule has 0 radical (unpaired) electrons. The van der Waals surface area contributed by atoms with Gasteiger partial charge in [-0.1, -0.05) is 0 Å². The Morgan fingerprint density at radius 2 is 2.36 bits per heavy atom. The summed E-state index contributed by atoms with van der Waals surface area (Å²) >= 11 is 0. The molecule has 0 bridgehead atoms. The molecule has 2 rings (SSSR count). The minimum Gasteiger partial charge on any atom is -0.383 e. The van der Waals surface area contributed by atoms with Crippen LogP contribution in [0.15, 0.2) is 12.1 Å². The second-order valence-corrected chi connectivity index (χ2v) is 5.59. The Morgan fingerprint density at radius 1 is 1.50 bits per heavy atom. The van der Waals surface area contributed by atoms with Crippen LogP contribution < -0.4 is 11.1 Å². The van der Waals surface area contributed by atoms with E-state index in [0.717, 1.165) is 43.9 Å². The number of aromatic nitrogens is 2. The number of carbonyl (C=O) groups excluding carboxylic acids is 1. The van der Waals surface area contributed by atoms with Gasteiger partial charge in [0.05, 0.1) is 18.8 Å². The first kappa shape index (κ1) is 16.6. The number of hydrogen-bond acceptors (Lipinski definition) is 6. The molecule has 1 aliphatic rings. The standard InChI is InChI=1S/C15H25N5O2/c1-22-8-6-17-14-5-4-13(18-19-14)9-12-3-2-7-20(11-12)15(21)10-16/h4-5,12H,2-3,6-11,16H2,1H3,(H,17,19)/t12-/m0/s1. The van der Waals surface area contributed by atoms with Crippen molar-refractivity contribution in [1.82, 2.24) is 15.1 Å². The number of hydrogen-bond donors (Lipinski definition) is 2. The summed E-state index contributed by atoms with van der Waals surface area (Å²) in [6.07, 6.45) is 2.99. The van der Waals surface area contributed by atoms with Crippen molar-refractivity contribution in [3.8, 4) is 0 Å². The van der Waals surface area contributed by atoms with Crippen molar-refractivity contribution in [1.29, 1.82) is 0 Å². The van der Waals surface area contributed by atoms with E-state index in [1.54, 1.807) is 7.11 Å². The van der Waals surface area contributed by atoms with E-state index in [4.69, 9.17) is 10.5 Å². The molecule has 3 N–H and O–H groups in total. The Hall–Kier alpha value is -1.73. The summed E-state index contributed by atoms with van der Waals surface area (Å²) in [7, 11) is 1.67. The van der Waals surface area contributed by atoms with Gasteiger partial charge < -0.3 is 20.7 Å². The molecule has 1 amide bonds. The Morgan fingerprint density at radius 3 is 3.05 bits per heavy atom. The van der Waals surface area contributed by atoms with Crippen LogP contribution in [0.2, 0.25) is 0 Å². The molecule has 0 spiro atoms. The fraction of sp³-hybridized carbons (Fsp3) is 0.667. The molecule has 7 heteroatoms. The predicted octanol–water partition coefficient (Wildman–Crippen LogP) is 0.275. The molecule has 1 aliphatic heterocycles. The summed E-state index contributed by atoms with van der Waals surface area (Å²) in [6, 6.07) is 3.93. The Kier molecular flexibility index (Phi) is 6.54. The molecular weight excluding hydrogens is 282 g/mol. The van der Waals surface area contributed by atoms with Gasteiger partial charge in [0.2, 0.25) is 5.91 Å². The van der Waals surface area contributed by atoms with Gasteiger partial charge in [0.25, 0.3) is 0 Å². The van der Waals surface area contributed by atoms with Crippen LogP contribution >= 0.6 is 0 Å². The molecule has 7 nitrogen and oxygen atoms in total. The number of nitrogens with two attached hydrogens (primary N) is 1. The highest BCUT2D eigenvalue weighted by Crippen LogP contribution is 2.20. The van der Waals surface area contributed by atoms with Crippen LogP contribution in [0.4, 0.5) is 5.82 Å². The van der Waals surface area contributed by atoms with E-state index in [1.165, 1.54) is 0 Å². The van der Waals surface area contributed by atoms with Crippen LogP contribution in [-0.4, -0.2) is 60.9 Å². The van der Waals surface area contributed by atoms with Crippen LogP contribution in [0.5, 0.6) is 0 Å². The maximum Gasteiger partial charge on any atom is 0.236 e. The van der Waals surface area contributed by atoms with Gasteiger partial charge in [-0.2, -0.15) is 5.10 Å². The highest BCUT2D eigenvalue weighted by molar-refractivity contribution is 5.78. The van der Waals surface area contributed by atoms with Gasteiger partial charge in [0.15, 0.2) is 0 Å². The van der Waals surface area contributed by atoms with Crippen LogP contribution in [0, 0.1) is 5.92 Å². The fourth-order valence-electron chi connectivity index (χ4n) is 2.73. The van der Waals surface area contributed by atoms with Crippen molar-refractivity contribution < 1.29 is 9.53 Å². The Bertz CT molecular complexity index is 466. The lowest BCUT2D eigenvalue weighted by Crippen LogP contribution is -2.43. The topological polar surface area (TPSA) is 93.4 Å². The molecule has 0 saturated carbocycles. The number of ether oxygens (including phenoxy) is 1. The number of likely N-dealkylation sites (tertiary alicyclic amines) is 1. The summed E-state index contributed by atoms with van der Waals surface area (Å²) in [4.78, 5) is 13.6. The lowest BCUT2D eigenvalue weighted by atomic mass is 9.93. The minimum atomic E-state index is 0.0356. The molecule has 1 fully saturated rings. The van der Waals surface area contributed by atoms with Crippen molar-refractivity contribution in [2.24, 2.45) is 11.7 Å². The van der Waals surface area contributed by atoms with Crippen molar-refractivity contribution in [2.75, 3.05) is 45.2 Å². The summed E-state index contributed by atoms with van der Waals surface area (Å²) in [5, 5.41) is 11.6. The quantitative estimate of drug-likeness (QED) is 0.703. The summed E-state index contributed by atoms with van der Waals surface area (Å²) in [5.41, 5.74) is 6.40. The van der Waals surface area contributed by atoms with Crippen LogP contribution in [0.25, 0.3) is 0 Å². The Labute approximate surface area is 131 Å². The number of rotatable bonds is 7. The van der Waals surface area contributed by atoms with Gasteiger partial charge in [-0.25, -0.2) is 0 Å². The predicted molar refractivity (Wildman–Crippen MR) is 84.5 cm³/mol. The number of anilines is 1. The number of nitrogens with one attached hydrogen (secondary N) is 1. The van der Waals surface area contributed by atoms with Crippen LogP contribution in [0.1, 0.15) is 18.5 Å². The summed E-state index contributed by atoms with van der Waals surface area (Å²) in [6.45, 7) is 3.03. The van der Waals surface area contributed by atoms with Gasteiger partial charge in [0.1, 0.15) is 5.82 Å². The molecule has 0 aromatic carbocycles. The normalized spacial score (nSPS) is 18.3. The number of amides is 1. The largest absolute Gasteiger partial charge is 0.383 e. The number of methoxy groups -OCH3 is 1. The van der Waals surface area contributed by atoms with E-state index in [9.17, 15) is 4.79 Å². The smallest absolute Gasteiger partial charge is 0.236 e. The molecule has 122 valence electrons. The number of carbonyl (C=O) groups is 1. The third-order valence-corrected chi connectivity index (χ3v) is 3.88. The minimum absolute atomic E-state index is 0.0356. The second-order valence-electron chi connectivity index (χ2n) is 5.59. The van der Waals surface area contributed by atoms with Crippen molar-refractivity contribution in [3.63, 3.8) is 0 Å². The first-order chi connectivity index (χ1) is 10.7. The molecule has 1 aromatic rings. The number of piperidine rings is 1. The average Bonchev–Trinajstić information content (AvgIpc) is 2.56. The summed E-state index contributed by atoms with van der Waals surface area (Å²) in [5.74, 6) is 1.23. The molecule has 0 aliphatic carbocycles. The molecule has 1 saturated heterocycles. The van der Waals surface area contributed by atoms with Gasteiger partial charge in [-0.3, -0.25) is 4.79 Å². The van der Waals surface area contributed by atoms with E-state index < -0.39 is 0 Å². The third-order valence-electron chi connectivity index (χ3n) is 3.88. The highest BCUT2D eigenvalue weighted by atomic mass is 16.5. The zero-order valence-corrected chi connectivity index (χ0v) is 13.1. The molecule has 22 heavy (non-hydrogen) atoms. The SMILES string of the molecule is COCCNc1ccc(C[C@@H]2CCCN(C(=O)CN)C2)nn1. The second kappa shape index (κ2) is 8.65. The van der Waals surface area contributed by atoms with E-state index in [2.05, 4.69) is 15.5 Å². The fourth-order valence-corrected chi connectivity index (χ4v) is 2.73. The lowest BCUT2D eigenvalue weighted by molar-refractivity contribution is -0.131. The van der Waals surface area contributed by atoms with E-state index in [-0.39, 0.29) is 12.5 Å². The average molecular weight is 307 g/mol. The van der Waals surface area contributed by atoms with Gasteiger partial charge >= 0.3 is 0 Å². The first-order valence-electron chi connectivity index (χ1n) is 7.76. The van der Waals surface area contributed by atoms with Crippen molar-refractivity contribution in [3.05, 3.63) is 17.8 Å². The molecule has 1 atom stereocenters. The summed E-state index contributed by atoms with van der Waals surface area (Å²) < 4.78 is 4.97. The first-order valence-corrected chi connectivity index (χ1v) is 7.76. The zero-order chi connectivity index (χ0) is 15.8. The van der Waals surface area contributed by atoms with Crippen molar-refractivity contribution in [2.45, 2.75) is 19.3 Å². The molecule has 2 heterocycles. The number of nitrogens with zero attached hydrogens (tertiary/aromatic N) is 3. The zero-order valence-electron chi connectivity index (χ0n) is 13.1. The lowest BCUT2D eigenvalue weighted by Gasteiger charge is -2.32.